The van der Waals surface area contributed by atoms with Crippen LogP contribution in [0.3, 0.4) is 0 Å². The Kier molecular flexibility index (Phi) is 5.40. The molecule has 5 heterocycles. The van der Waals surface area contributed by atoms with E-state index in [0.717, 1.165) is 45.9 Å². The first-order chi connectivity index (χ1) is 17.3. The molecular weight excluding hydrogens is 459 g/mol. The van der Waals surface area contributed by atoms with Crippen molar-refractivity contribution in [1.82, 2.24) is 19.9 Å². The van der Waals surface area contributed by atoms with Crippen LogP contribution in [0.2, 0.25) is 0 Å². The van der Waals surface area contributed by atoms with E-state index in [1.807, 2.05) is 54.1 Å². The number of hydrogen-bond donors (Lipinski definition) is 1. The molecule has 3 aromatic rings. The lowest BCUT2D eigenvalue weighted by atomic mass is 9.91. The van der Waals surface area contributed by atoms with Crippen molar-refractivity contribution >= 4 is 23.2 Å². The van der Waals surface area contributed by atoms with Crippen molar-refractivity contribution in [1.29, 1.82) is 0 Å². The van der Waals surface area contributed by atoms with Crippen LogP contribution in [0.1, 0.15) is 44.9 Å². The van der Waals surface area contributed by atoms with E-state index < -0.39 is 11.8 Å². The number of benzene rings is 1. The van der Waals surface area contributed by atoms with Gasteiger partial charge in [-0.05, 0) is 51.0 Å². The number of likely N-dealkylation sites (tertiary alicyclic amines) is 1. The maximum atomic E-state index is 13.1. The van der Waals surface area contributed by atoms with E-state index in [-0.39, 0.29) is 11.9 Å². The van der Waals surface area contributed by atoms with Crippen molar-refractivity contribution in [2.24, 2.45) is 0 Å². The average molecular weight is 489 g/mol. The lowest BCUT2D eigenvalue weighted by Crippen LogP contribution is -2.47. The Bertz CT molecular complexity index is 1340. The van der Waals surface area contributed by atoms with Gasteiger partial charge < -0.3 is 15.0 Å². The van der Waals surface area contributed by atoms with E-state index in [1.54, 1.807) is 12.4 Å². The summed E-state index contributed by atoms with van der Waals surface area (Å²) in [6, 6.07) is 8.07. The largest absolute Gasteiger partial charge is 0.481 e. The zero-order valence-corrected chi connectivity index (χ0v) is 20.7. The Morgan fingerprint density at radius 2 is 2.00 bits per heavy atom. The highest BCUT2D eigenvalue weighted by Gasteiger charge is 2.36. The molecule has 3 aliphatic rings. The Hall–Kier alpha value is -3.59. The summed E-state index contributed by atoms with van der Waals surface area (Å²) in [5.74, 6) is 1.32. The first kappa shape index (κ1) is 22.8. The zero-order chi connectivity index (χ0) is 25.0. The molecule has 186 valence electrons. The summed E-state index contributed by atoms with van der Waals surface area (Å²) in [4.78, 5) is 30.0. The lowest BCUT2D eigenvalue weighted by Gasteiger charge is -2.34. The minimum Gasteiger partial charge on any atom is -0.481 e. The van der Waals surface area contributed by atoms with Gasteiger partial charge in [0.1, 0.15) is 17.5 Å². The molecule has 0 aliphatic carbocycles. The van der Waals surface area contributed by atoms with Gasteiger partial charge in [-0.3, -0.25) is 14.7 Å². The fraction of sp³-hybridized carbons (Fsp3) is 0.407. The molecule has 8 nitrogen and oxygen atoms in total. The summed E-state index contributed by atoms with van der Waals surface area (Å²) in [6.07, 6.45) is 6.05. The smallest absolute Gasteiger partial charge is 0.227 e. The number of carbonyl (C=O) groups is 1. The van der Waals surface area contributed by atoms with Crippen LogP contribution in [-0.2, 0) is 16.9 Å². The lowest BCUT2D eigenvalue weighted by molar-refractivity contribution is -0.117. The molecule has 2 saturated heterocycles. The van der Waals surface area contributed by atoms with Crippen LogP contribution < -0.4 is 15.0 Å². The van der Waals surface area contributed by atoms with Gasteiger partial charge in [-0.1, -0.05) is 0 Å². The molecule has 0 unspecified atom stereocenters. The van der Waals surface area contributed by atoms with Crippen molar-refractivity contribution in [3.8, 4) is 16.9 Å². The number of amides is 1. The number of alkyl halides is 1. The van der Waals surface area contributed by atoms with Gasteiger partial charge in [-0.25, -0.2) is 14.4 Å². The molecule has 1 N–H and O–H groups in total. The average Bonchev–Trinajstić information content (AvgIpc) is 3.16. The molecule has 36 heavy (non-hydrogen) atoms. The molecule has 0 saturated carbocycles. The highest BCUT2D eigenvalue weighted by atomic mass is 19.1. The van der Waals surface area contributed by atoms with Gasteiger partial charge in [0.2, 0.25) is 11.9 Å². The number of rotatable bonds is 5. The number of ether oxygens (including phenoxy) is 1. The Balaban J connectivity index is 1.27. The summed E-state index contributed by atoms with van der Waals surface area (Å²) >= 11 is 0. The number of aromatic nitrogens is 3. The summed E-state index contributed by atoms with van der Waals surface area (Å²) in [5.41, 5.74) is 4.53. The van der Waals surface area contributed by atoms with Crippen molar-refractivity contribution in [3.05, 3.63) is 54.1 Å². The third kappa shape index (κ3) is 4.07. The second-order valence-corrected chi connectivity index (χ2v) is 10.4. The SMILES string of the molecule is C[C@@H]1CCC(=O)N1c1ccc2c(c1)OC(C)(C)c1nc(Nc3cncc(CN4CC(F)C4)c3)ncc1-2. The topological polar surface area (TPSA) is 83.5 Å². The fourth-order valence-electron chi connectivity index (χ4n) is 5.28. The maximum absolute atomic E-state index is 13.1. The van der Waals surface area contributed by atoms with Crippen LogP contribution in [0.4, 0.5) is 21.7 Å². The number of nitrogens with zero attached hydrogens (tertiary/aromatic N) is 5. The number of nitrogens with one attached hydrogen (secondary N) is 1. The van der Waals surface area contributed by atoms with Gasteiger partial charge in [0.05, 0.1) is 17.6 Å². The van der Waals surface area contributed by atoms with Crippen LogP contribution in [-0.4, -0.2) is 51.1 Å². The summed E-state index contributed by atoms with van der Waals surface area (Å²) in [7, 11) is 0. The van der Waals surface area contributed by atoms with E-state index in [0.29, 0.717) is 32.0 Å². The molecule has 0 bridgehead atoms. The predicted molar refractivity (Wildman–Crippen MR) is 135 cm³/mol. The number of hydrogen-bond acceptors (Lipinski definition) is 7. The van der Waals surface area contributed by atoms with E-state index in [9.17, 15) is 9.18 Å². The Morgan fingerprint density at radius 1 is 1.17 bits per heavy atom. The molecule has 2 fully saturated rings. The second-order valence-electron chi connectivity index (χ2n) is 10.4. The van der Waals surface area contributed by atoms with Crippen LogP contribution in [0.15, 0.2) is 42.9 Å². The van der Waals surface area contributed by atoms with Crippen molar-refractivity contribution in [2.45, 2.75) is 58.0 Å². The fourth-order valence-corrected chi connectivity index (χ4v) is 5.28. The van der Waals surface area contributed by atoms with Gasteiger partial charge >= 0.3 is 0 Å². The number of carbonyl (C=O) groups excluding carboxylic acids is 1. The van der Waals surface area contributed by atoms with E-state index in [2.05, 4.69) is 22.2 Å². The maximum Gasteiger partial charge on any atom is 0.227 e. The summed E-state index contributed by atoms with van der Waals surface area (Å²) in [6.45, 7) is 7.64. The highest BCUT2D eigenvalue weighted by molar-refractivity contribution is 5.97. The highest BCUT2D eigenvalue weighted by Crippen LogP contribution is 2.46. The standard InChI is InChI=1S/C27H29FN6O2/c1-16-4-7-24(35)34(16)20-5-6-21-22-12-30-26(32-25(22)27(2,3)36-23(21)9-20)31-19-8-17(10-29-11-19)13-33-14-18(28)15-33/h5-6,8-12,16,18H,4,7,13-15H2,1-3H3,(H,30,31,32)/t16-/m1/s1. The minimum absolute atomic E-state index is 0.145. The predicted octanol–water partition coefficient (Wildman–Crippen LogP) is 4.58. The number of anilines is 3. The first-order valence-electron chi connectivity index (χ1n) is 12.4. The molecule has 0 spiro atoms. The molecule has 1 atom stereocenters. The van der Waals surface area contributed by atoms with Gasteiger partial charge in [0, 0.05) is 67.4 Å². The third-order valence-electron chi connectivity index (χ3n) is 7.11. The normalized spacial score (nSPS) is 20.9. The van der Waals surface area contributed by atoms with Crippen molar-refractivity contribution < 1.29 is 13.9 Å². The minimum atomic E-state index is -0.725. The van der Waals surface area contributed by atoms with Gasteiger partial charge in [0.25, 0.3) is 0 Å². The van der Waals surface area contributed by atoms with Crippen LogP contribution in [0.25, 0.3) is 11.1 Å². The van der Waals surface area contributed by atoms with Crippen LogP contribution in [0.5, 0.6) is 5.75 Å². The molecule has 1 amide bonds. The molecule has 3 aliphatic heterocycles. The van der Waals surface area contributed by atoms with Crippen molar-refractivity contribution in [3.63, 3.8) is 0 Å². The summed E-state index contributed by atoms with van der Waals surface area (Å²) in [5, 5.41) is 3.25. The van der Waals surface area contributed by atoms with Crippen molar-refractivity contribution in [2.75, 3.05) is 23.3 Å². The van der Waals surface area contributed by atoms with Crippen LogP contribution >= 0.6 is 0 Å². The molecule has 2 aromatic heterocycles. The molecule has 9 heteroatoms. The summed E-state index contributed by atoms with van der Waals surface area (Å²) < 4.78 is 19.5. The number of pyridine rings is 1. The Morgan fingerprint density at radius 3 is 2.75 bits per heavy atom. The quantitative estimate of drug-likeness (QED) is 0.563. The van der Waals surface area contributed by atoms with Gasteiger partial charge in [0.15, 0.2) is 0 Å². The second kappa shape index (κ2) is 8.51. The molecule has 0 radical (unpaired) electrons. The Labute approximate surface area is 209 Å². The van der Waals surface area contributed by atoms with Gasteiger partial charge in [-0.2, -0.15) is 0 Å². The van der Waals surface area contributed by atoms with Gasteiger partial charge in [-0.15, -0.1) is 0 Å². The molecule has 6 rings (SSSR count). The number of halogens is 1. The third-order valence-corrected chi connectivity index (χ3v) is 7.11. The monoisotopic (exact) mass is 488 g/mol. The number of fused-ring (bicyclic) bond motifs is 3. The van der Waals surface area contributed by atoms with Crippen LogP contribution in [0, 0.1) is 0 Å². The van der Waals surface area contributed by atoms with E-state index in [1.165, 1.54) is 0 Å². The van der Waals surface area contributed by atoms with E-state index >= 15 is 0 Å². The first-order valence-corrected chi connectivity index (χ1v) is 12.4. The molecular formula is C27H29FN6O2. The molecule has 1 aromatic carbocycles. The zero-order valence-electron chi connectivity index (χ0n) is 20.7. The van der Waals surface area contributed by atoms with E-state index in [4.69, 9.17) is 9.72 Å².